The fourth-order valence-corrected chi connectivity index (χ4v) is 3.40. The number of nitrogens with one attached hydrogen (secondary N) is 1. The fraction of sp³-hybridized carbons (Fsp3) is 0.250. The second-order valence-corrected chi connectivity index (χ2v) is 7.06. The van der Waals surface area contributed by atoms with Crippen LogP contribution in [0.1, 0.15) is 22.6 Å². The number of carbonyl (C=O) groups is 3. The Morgan fingerprint density at radius 2 is 1.94 bits per heavy atom. The van der Waals surface area contributed by atoms with Gasteiger partial charge < -0.3 is 10.1 Å². The lowest BCUT2D eigenvalue weighted by Gasteiger charge is -2.31. The van der Waals surface area contributed by atoms with Crippen molar-refractivity contribution in [1.82, 2.24) is 14.6 Å². The van der Waals surface area contributed by atoms with Crippen LogP contribution in [0, 0.1) is 6.92 Å². The molecule has 9 nitrogen and oxygen atoms in total. The van der Waals surface area contributed by atoms with Gasteiger partial charge in [-0.15, -0.1) is 10.2 Å². The SMILES string of the molecule is Cc1nnc2ccc(C(=O)OCC(=O)N3c4ccccc4NC(=O)CC3C(F)(F)F)cn12. The van der Waals surface area contributed by atoms with Gasteiger partial charge in [0, 0.05) is 6.20 Å². The molecule has 32 heavy (non-hydrogen) atoms. The van der Waals surface area contributed by atoms with Gasteiger partial charge in [-0.1, -0.05) is 12.1 Å². The summed E-state index contributed by atoms with van der Waals surface area (Å²) in [5.74, 6) is -2.40. The number of nitrogens with zero attached hydrogens (tertiary/aromatic N) is 4. The minimum Gasteiger partial charge on any atom is -0.452 e. The van der Waals surface area contributed by atoms with Crippen LogP contribution in [-0.4, -0.2) is 51.2 Å². The molecule has 0 radical (unpaired) electrons. The van der Waals surface area contributed by atoms with Gasteiger partial charge in [0.1, 0.15) is 11.9 Å². The number of ether oxygens (including phenoxy) is 1. The van der Waals surface area contributed by atoms with Crippen molar-refractivity contribution in [3.05, 3.63) is 54.0 Å². The van der Waals surface area contributed by atoms with Gasteiger partial charge in [0.05, 0.1) is 23.4 Å². The van der Waals surface area contributed by atoms with Crippen LogP contribution in [-0.2, 0) is 14.3 Å². The van der Waals surface area contributed by atoms with Crippen LogP contribution >= 0.6 is 0 Å². The Balaban J connectivity index is 1.59. The van der Waals surface area contributed by atoms with Gasteiger partial charge in [-0.25, -0.2) is 4.79 Å². The predicted molar refractivity (Wildman–Crippen MR) is 105 cm³/mol. The van der Waals surface area contributed by atoms with E-state index in [1.54, 1.807) is 6.92 Å². The van der Waals surface area contributed by atoms with E-state index in [0.29, 0.717) is 16.4 Å². The summed E-state index contributed by atoms with van der Waals surface area (Å²) < 4.78 is 47.7. The Morgan fingerprint density at radius 1 is 1.19 bits per heavy atom. The second kappa shape index (κ2) is 7.94. The van der Waals surface area contributed by atoms with Crippen molar-refractivity contribution in [3.63, 3.8) is 0 Å². The average molecular weight is 447 g/mol. The maximum Gasteiger partial charge on any atom is 0.409 e. The Hall–Kier alpha value is -3.96. The zero-order valence-corrected chi connectivity index (χ0v) is 16.6. The Labute approximate surface area is 178 Å². The summed E-state index contributed by atoms with van der Waals surface area (Å²) >= 11 is 0. The van der Waals surface area contributed by atoms with Crippen LogP contribution in [0.4, 0.5) is 24.5 Å². The molecule has 1 unspecified atom stereocenters. The van der Waals surface area contributed by atoms with E-state index in [1.165, 1.54) is 47.0 Å². The first-order chi connectivity index (χ1) is 15.1. The number of carbonyl (C=O) groups excluding carboxylic acids is 3. The first-order valence-corrected chi connectivity index (χ1v) is 9.41. The largest absolute Gasteiger partial charge is 0.452 e. The van der Waals surface area contributed by atoms with Crippen molar-refractivity contribution in [2.45, 2.75) is 25.6 Å². The summed E-state index contributed by atoms with van der Waals surface area (Å²) in [7, 11) is 0. The van der Waals surface area contributed by atoms with Gasteiger partial charge in [-0.2, -0.15) is 13.2 Å². The maximum atomic E-state index is 13.7. The van der Waals surface area contributed by atoms with E-state index in [4.69, 9.17) is 4.74 Å². The molecule has 3 heterocycles. The van der Waals surface area contributed by atoms with Crippen LogP contribution < -0.4 is 10.2 Å². The molecule has 1 N–H and O–H groups in total. The first kappa shape index (κ1) is 21.3. The minimum atomic E-state index is -4.88. The highest BCUT2D eigenvalue weighted by molar-refractivity contribution is 6.05. The molecule has 0 fully saturated rings. The van der Waals surface area contributed by atoms with Crippen LogP contribution in [0.15, 0.2) is 42.6 Å². The van der Waals surface area contributed by atoms with Gasteiger partial charge in [-0.3, -0.25) is 18.9 Å². The van der Waals surface area contributed by atoms with E-state index in [1.807, 2.05) is 0 Å². The van der Waals surface area contributed by atoms with Gasteiger partial charge in [0.25, 0.3) is 5.91 Å². The average Bonchev–Trinajstić information content (AvgIpc) is 3.03. The zero-order chi connectivity index (χ0) is 23.0. The molecular formula is C20H16F3N5O4. The molecular weight excluding hydrogens is 431 g/mol. The number of alkyl halides is 3. The lowest BCUT2D eigenvalue weighted by molar-refractivity contribution is -0.158. The molecule has 0 saturated carbocycles. The predicted octanol–water partition coefficient (Wildman–Crippen LogP) is 2.50. The highest BCUT2D eigenvalue weighted by Crippen LogP contribution is 2.37. The number of aromatic nitrogens is 3. The van der Waals surface area contributed by atoms with E-state index < -0.39 is 43.0 Å². The summed E-state index contributed by atoms with van der Waals surface area (Å²) in [6.45, 7) is 0.717. The summed E-state index contributed by atoms with van der Waals surface area (Å²) in [4.78, 5) is 37.7. The van der Waals surface area contributed by atoms with E-state index in [0.717, 1.165) is 0 Å². The number of rotatable bonds is 3. The van der Waals surface area contributed by atoms with Crippen LogP contribution in [0.25, 0.3) is 5.65 Å². The maximum absolute atomic E-state index is 13.7. The lowest BCUT2D eigenvalue weighted by Crippen LogP contribution is -2.51. The molecule has 4 rings (SSSR count). The molecule has 1 aliphatic heterocycles. The Morgan fingerprint density at radius 3 is 2.69 bits per heavy atom. The topological polar surface area (TPSA) is 106 Å². The van der Waals surface area contributed by atoms with Crippen molar-refractivity contribution in [3.8, 4) is 0 Å². The zero-order valence-electron chi connectivity index (χ0n) is 16.6. The molecule has 3 aromatic rings. The third kappa shape index (κ3) is 3.98. The van der Waals surface area contributed by atoms with Gasteiger partial charge in [0.2, 0.25) is 5.91 Å². The number of hydrogen-bond donors (Lipinski definition) is 1. The third-order valence-corrected chi connectivity index (χ3v) is 4.91. The quantitative estimate of drug-likeness (QED) is 0.619. The molecule has 0 spiro atoms. The third-order valence-electron chi connectivity index (χ3n) is 4.91. The Kier molecular flexibility index (Phi) is 5.28. The monoisotopic (exact) mass is 447 g/mol. The molecule has 0 saturated heterocycles. The highest BCUT2D eigenvalue weighted by atomic mass is 19.4. The van der Waals surface area contributed by atoms with Gasteiger partial charge in [-0.05, 0) is 31.2 Å². The number of fused-ring (bicyclic) bond motifs is 2. The molecule has 1 atom stereocenters. The van der Waals surface area contributed by atoms with Crippen LogP contribution in [0.2, 0.25) is 0 Å². The number of esters is 1. The fourth-order valence-electron chi connectivity index (χ4n) is 3.40. The molecule has 166 valence electrons. The van der Waals surface area contributed by atoms with E-state index >= 15 is 0 Å². The van der Waals surface area contributed by atoms with Crippen molar-refractivity contribution in [2.24, 2.45) is 0 Å². The van der Waals surface area contributed by atoms with Crippen molar-refractivity contribution in [2.75, 3.05) is 16.8 Å². The second-order valence-electron chi connectivity index (χ2n) is 7.06. The molecule has 1 aliphatic rings. The number of benzene rings is 1. The van der Waals surface area contributed by atoms with Crippen LogP contribution in [0.3, 0.4) is 0 Å². The molecule has 2 aromatic heterocycles. The van der Waals surface area contributed by atoms with Crippen molar-refractivity contribution in [1.29, 1.82) is 0 Å². The van der Waals surface area contributed by atoms with Crippen LogP contribution in [0.5, 0.6) is 0 Å². The van der Waals surface area contributed by atoms with E-state index in [9.17, 15) is 27.6 Å². The first-order valence-electron chi connectivity index (χ1n) is 9.41. The van der Waals surface area contributed by atoms with E-state index in [2.05, 4.69) is 15.5 Å². The summed E-state index contributed by atoms with van der Waals surface area (Å²) in [6.07, 6.45) is -4.47. The number of pyridine rings is 1. The van der Waals surface area contributed by atoms with E-state index in [-0.39, 0.29) is 16.9 Å². The smallest absolute Gasteiger partial charge is 0.409 e. The normalized spacial score (nSPS) is 16.3. The van der Waals surface area contributed by atoms with Crippen molar-refractivity contribution < 1.29 is 32.3 Å². The molecule has 1 aromatic carbocycles. The molecule has 12 heteroatoms. The standard InChI is InChI=1S/C20H16F3N5O4/c1-11-25-26-16-7-6-12(9-27(11)16)19(31)32-10-18(30)28-14-5-3-2-4-13(14)24-17(29)8-15(28)20(21,22)23/h2-7,9,15H,8,10H2,1H3,(H,24,29). The summed E-state index contributed by atoms with van der Waals surface area (Å²) in [5.41, 5.74) is 0.468. The number of amides is 2. The number of hydrogen-bond acceptors (Lipinski definition) is 6. The molecule has 0 aliphatic carbocycles. The molecule has 2 amide bonds. The Bertz CT molecular complexity index is 1220. The number of para-hydroxylation sites is 2. The summed E-state index contributed by atoms with van der Waals surface area (Å²) in [5, 5.41) is 10.1. The van der Waals surface area contributed by atoms with Gasteiger partial charge in [0.15, 0.2) is 12.3 Å². The number of halogens is 3. The number of aryl methyl sites for hydroxylation is 1. The lowest BCUT2D eigenvalue weighted by atomic mass is 10.1. The molecule has 0 bridgehead atoms. The van der Waals surface area contributed by atoms with Gasteiger partial charge >= 0.3 is 12.1 Å². The van der Waals surface area contributed by atoms with Crippen molar-refractivity contribution >= 4 is 34.8 Å². The minimum absolute atomic E-state index is 0.0532. The highest BCUT2D eigenvalue weighted by Gasteiger charge is 2.49. The number of anilines is 2. The summed E-state index contributed by atoms with van der Waals surface area (Å²) in [6, 6.07) is 6.12.